The number of likely N-dealkylation sites (tertiary alicyclic amines) is 1. The van der Waals surface area contributed by atoms with E-state index in [4.69, 9.17) is 21.7 Å². The normalized spacial score (nSPS) is 19.1. The maximum atomic E-state index is 12.5. The van der Waals surface area contributed by atoms with Crippen LogP contribution in [0.4, 0.5) is 0 Å². The van der Waals surface area contributed by atoms with E-state index in [1.165, 1.54) is 4.90 Å². The average Bonchev–Trinajstić information content (AvgIpc) is 3.17. The average molecular weight is 417 g/mol. The summed E-state index contributed by atoms with van der Waals surface area (Å²) in [4.78, 5) is 60.1. The molecule has 13 heteroatoms. The van der Waals surface area contributed by atoms with E-state index in [-0.39, 0.29) is 19.4 Å². The molecule has 0 radical (unpaired) electrons. The van der Waals surface area contributed by atoms with Gasteiger partial charge >= 0.3 is 5.97 Å². The molecule has 0 aromatic rings. The number of aliphatic carboxylic acids is 1. The Morgan fingerprint density at radius 3 is 2.24 bits per heavy atom. The quantitative estimate of drug-likeness (QED) is 0.172. The fourth-order valence-electron chi connectivity index (χ4n) is 2.87. The smallest absolute Gasteiger partial charge is 0.326 e. The highest BCUT2D eigenvalue weighted by molar-refractivity contribution is 5.94. The van der Waals surface area contributed by atoms with Crippen molar-refractivity contribution in [3.05, 3.63) is 0 Å². The van der Waals surface area contributed by atoms with Gasteiger partial charge in [-0.05, 0) is 19.3 Å². The third-order valence-electron chi connectivity index (χ3n) is 4.46. The lowest BCUT2D eigenvalue weighted by Gasteiger charge is -2.27. The Morgan fingerprint density at radius 1 is 1.07 bits per heavy atom. The minimum Gasteiger partial charge on any atom is -0.480 e. The molecule has 1 fully saturated rings. The van der Waals surface area contributed by atoms with Crippen LogP contribution in [0.2, 0.25) is 0 Å². The molecule has 29 heavy (non-hydrogen) atoms. The fourth-order valence-corrected chi connectivity index (χ4v) is 2.87. The number of hydrogen-bond donors (Lipinski definition) is 7. The van der Waals surface area contributed by atoms with Crippen molar-refractivity contribution in [1.82, 2.24) is 15.5 Å². The molecule has 4 atom stereocenters. The molecule has 1 rings (SSSR count). The number of nitrogens with two attached hydrogens (primary N) is 2. The summed E-state index contributed by atoms with van der Waals surface area (Å²) < 4.78 is 0. The van der Waals surface area contributed by atoms with Gasteiger partial charge in [0.1, 0.15) is 24.2 Å². The Morgan fingerprint density at radius 2 is 1.72 bits per heavy atom. The van der Waals surface area contributed by atoms with Crippen molar-refractivity contribution in [2.75, 3.05) is 19.8 Å². The van der Waals surface area contributed by atoms with Crippen LogP contribution in [0.1, 0.15) is 25.7 Å². The molecule has 9 N–H and O–H groups in total. The first-order valence-electron chi connectivity index (χ1n) is 9.02. The molecule has 1 aliphatic heterocycles. The van der Waals surface area contributed by atoms with E-state index in [1.54, 1.807) is 0 Å². The molecule has 4 unspecified atom stereocenters. The molecular weight excluding hydrogens is 390 g/mol. The molecule has 0 aliphatic carbocycles. The maximum Gasteiger partial charge on any atom is 0.326 e. The first-order valence-corrected chi connectivity index (χ1v) is 9.02. The van der Waals surface area contributed by atoms with Gasteiger partial charge in [0.15, 0.2) is 0 Å². The van der Waals surface area contributed by atoms with E-state index in [1.807, 2.05) is 0 Å². The molecule has 1 saturated heterocycles. The van der Waals surface area contributed by atoms with Crippen molar-refractivity contribution in [2.24, 2.45) is 11.5 Å². The predicted octanol–water partition coefficient (Wildman–Crippen LogP) is -4.39. The number of carboxylic acid groups (broad SMARTS) is 1. The minimum atomic E-state index is -1.47. The first kappa shape index (κ1) is 24.3. The van der Waals surface area contributed by atoms with Gasteiger partial charge in [0, 0.05) is 13.0 Å². The van der Waals surface area contributed by atoms with E-state index in [2.05, 4.69) is 10.6 Å². The van der Waals surface area contributed by atoms with Gasteiger partial charge in [-0.2, -0.15) is 0 Å². The minimum absolute atomic E-state index is 0.245. The summed E-state index contributed by atoms with van der Waals surface area (Å²) in [6, 6.07) is -5.02. The van der Waals surface area contributed by atoms with Gasteiger partial charge in [0.05, 0.1) is 13.2 Å². The van der Waals surface area contributed by atoms with Crippen LogP contribution in [0.5, 0.6) is 0 Å². The zero-order chi connectivity index (χ0) is 22.1. The largest absolute Gasteiger partial charge is 0.480 e. The van der Waals surface area contributed by atoms with Crippen molar-refractivity contribution < 1.29 is 39.3 Å². The summed E-state index contributed by atoms with van der Waals surface area (Å²) in [7, 11) is 0. The van der Waals surface area contributed by atoms with Crippen LogP contribution in [0, 0.1) is 0 Å². The van der Waals surface area contributed by atoms with Crippen molar-refractivity contribution in [3.8, 4) is 0 Å². The van der Waals surface area contributed by atoms with Gasteiger partial charge in [0.25, 0.3) is 0 Å². The second-order valence-electron chi connectivity index (χ2n) is 6.63. The van der Waals surface area contributed by atoms with E-state index in [0.29, 0.717) is 12.8 Å². The molecule has 0 bridgehead atoms. The predicted molar refractivity (Wildman–Crippen MR) is 96.8 cm³/mol. The standard InChI is InChI=1S/C16H27N5O8/c17-8(6-22)15(27)21-5-1-2-11(21)14(26)20-10(7-23)13(25)19-9(16(28)29)3-4-12(18)24/h8-11,22-23H,1-7,17H2,(H2,18,24)(H,19,25)(H,20,26)(H,28,29). The zero-order valence-electron chi connectivity index (χ0n) is 15.7. The van der Waals surface area contributed by atoms with Gasteiger partial charge in [-0.25, -0.2) is 4.79 Å². The SMILES string of the molecule is NC(=O)CCC(NC(=O)C(CO)NC(=O)C1CCCN1C(=O)C(N)CO)C(=O)O. The summed E-state index contributed by atoms with van der Waals surface area (Å²) in [6.07, 6.45) is 0.266. The summed E-state index contributed by atoms with van der Waals surface area (Å²) in [5.41, 5.74) is 10.5. The van der Waals surface area contributed by atoms with E-state index in [9.17, 15) is 29.1 Å². The Hall–Kier alpha value is -2.77. The number of carboxylic acids is 1. The molecular formula is C16H27N5O8. The lowest BCUT2D eigenvalue weighted by atomic mass is 10.1. The highest BCUT2D eigenvalue weighted by Gasteiger charge is 2.37. The Bertz CT molecular complexity index is 643. The van der Waals surface area contributed by atoms with Gasteiger partial charge in [0.2, 0.25) is 23.6 Å². The fraction of sp³-hybridized carbons (Fsp3) is 0.688. The highest BCUT2D eigenvalue weighted by atomic mass is 16.4. The van der Waals surface area contributed by atoms with Crippen LogP contribution in [0.25, 0.3) is 0 Å². The van der Waals surface area contributed by atoms with Crippen LogP contribution in [0.15, 0.2) is 0 Å². The van der Waals surface area contributed by atoms with Crippen molar-refractivity contribution in [3.63, 3.8) is 0 Å². The molecule has 0 spiro atoms. The summed E-state index contributed by atoms with van der Waals surface area (Å²) in [5, 5.41) is 32.0. The van der Waals surface area contributed by atoms with Crippen molar-refractivity contribution in [1.29, 1.82) is 0 Å². The lowest BCUT2D eigenvalue weighted by Crippen LogP contribution is -2.57. The highest BCUT2D eigenvalue weighted by Crippen LogP contribution is 2.18. The number of carbonyl (C=O) groups is 5. The third kappa shape index (κ3) is 6.96. The van der Waals surface area contributed by atoms with Gasteiger partial charge < -0.3 is 42.3 Å². The monoisotopic (exact) mass is 417 g/mol. The summed E-state index contributed by atoms with van der Waals surface area (Å²) >= 11 is 0. The lowest BCUT2D eigenvalue weighted by molar-refractivity contribution is -0.143. The number of nitrogens with zero attached hydrogens (tertiary/aromatic N) is 1. The Labute approximate surface area is 166 Å². The number of primary amides is 1. The van der Waals surface area contributed by atoms with Gasteiger partial charge in [-0.1, -0.05) is 0 Å². The van der Waals surface area contributed by atoms with Gasteiger partial charge in [-0.3, -0.25) is 19.2 Å². The number of aliphatic hydroxyl groups excluding tert-OH is 2. The Kier molecular flexibility index (Phi) is 9.44. The summed E-state index contributed by atoms with van der Waals surface area (Å²) in [6.45, 7) is -1.17. The molecule has 0 aromatic heterocycles. The van der Waals surface area contributed by atoms with Crippen molar-refractivity contribution in [2.45, 2.75) is 49.9 Å². The van der Waals surface area contributed by atoms with E-state index < -0.39 is 67.0 Å². The Balaban J connectivity index is 2.76. The number of rotatable bonds is 11. The van der Waals surface area contributed by atoms with Crippen molar-refractivity contribution >= 4 is 29.6 Å². The van der Waals surface area contributed by atoms with E-state index in [0.717, 1.165) is 0 Å². The maximum absolute atomic E-state index is 12.5. The van der Waals surface area contributed by atoms with Crippen LogP contribution in [-0.2, 0) is 24.0 Å². The summed E-state index contributed by atoms with van der Waals surface area (Å²) in [5.74, 6) is -4.47. The number of hydrogen-bond acceptors (Lipinski definition) is 8. The second kappa shape index (κ2) is 11.3. The molecule has 1 aliphatic rings. The number of amides is 4. The molecule has 0 saturated carbocycles. The van der Waals surface area contributed by atoms with Crippen LogP contribution >= 0.6 is 0 Å². The van der Waals surface area contributed by atoms with Crippen LogP contribution in [0.3, 0.4) is 0 Å². The molecule has 0 aromatic carbocycles. The third-order valence-corrected chi connectivity index (χ3v) is 4.46. The van der Waals surface area contributed by atoms with E-state index >= 15 is 0 Å². The first-order chi connectivity index (χ1) is 13.6. The van der Waals surface area contributed by atoms with Gasteiger partial charge in [-0.15, -0.1) is 0 Å². The second-order valence-corrected chi connectivity index (χ2v) is 6.63. The zero-order valence-corrected chi connectivity index (χ0v) is 15.7. The molecule has 4 amide bonds. The molecule has 1 heterocycles. The number of aliphatic hydroxyl groups is 2. The molecule has 164 valence electrons. The molecule has 13 nitrogen and oxygen atoms in total. The topological polar surface area (TPSA) is 225 Å². The van der Waals surface area contributed by atoms with Crippen LogP contribution < -0.4 is 22.1 Å². The van der Waals surface area contributed by atoms with Crippen LogP contribution in [-0.4, -0.2) is 93.7 Å². The number of carbonyl (C=O) groups excluding carboxylic acids is 4. The number of nitrogens with one attached hydrogen (secondary N) is 2.